The van der Waals surface area contributed by atoms with Crippen LogP contribution in [0.15, 0.2) is 48.0 Å². The van der Waals surface area contributed by atoms with Crippen LogP contribution in [0.1, 0.15) is 56.1 Å². The number of benzene rings is 3. The van der Waals surface area contributed by atoms with Crippen molar-refractivity contribution in [3.63, 3.8) is 0 Å². The van der Waals surface area contributed by atoms with Gasteiger partial charge < -0.3 is 19.3 Å². The predicted octanol–water partition coefficient (Wildman–Crippen LogP) is 5.03. The SMILES string of the molecule is CC(=O)Oc1cc2c(c3c1=CC1C=C1C=3)[C@H](CCl)CN2C(=O)C12CC(C(=O)N3C[C@@H](CCl)c4c3cc(OC(C)=O)c3ccccc43)(C1)C2. The third kappa shape index (κ3) is 4.08. The molecule has 0 saturated heterocycles. The summed E-state index contributed by atoms with van der Waals surface area (Å²) in [4.78, 5) is 56.5. The summed E-state index contributed by atoms with van der Waals surface area (Å²) in [6, 6.07) is 11.3. The maximum Gasteiger partial charge on any atom is 0.308 e. The molecule has 3 atom stereocenters. The van der Waals surface area contributed by atoms with E-state index in [-0.39, 0.29) is 29.6 Å². The van der Waals surface area contributed by atoms with Crippen molar-refractivity contribution in [2.24, 2.45) is 16.7 Å². The number of esters is 2. The van der Waals surface area contributed by atoms with E-state index in [0.29, 0.717) is 61.3 Å². The molecule has 1 unspecified atom stereocenters. The van der Waals surface area contributed by atoms with Gasteiger partial charge in [0.1, 0.15) is 11.5 Å². The van der Waals surface area contributed by atoms with E-state index >= 15 is 0 Å². The third-order valence-corrected chi connectivity index (χ3v) is 12.0. The van der Waals surface area contributed by atoms with Crippen LogP contribution >= 0.6 is 23.2 Å². The Balaban J connectivity index is 1.02. The van der Waals surface area contributed by atoms with E-state index in [2.05, 4.69) is 18.2 Å². The molecule has 2 aliphatic heterocycles. The van der Waals surface area contributed by atoms with Gasteiger partial charge in [-0.2, -0.15) is 0 Å². The van der Waals surface area contributed by atoms with Crippen LogP contribution in [0.5, 0.6) is 11.5 Å². The quantitative estimate of drug-likeness (QED) is 0.206. The summed E-state index contributed by atoms with van der Waals surface area (Å²) < 4.78 is 11.3. The van der Waals surface area contributed by atoms with Crippen LogP contribution in [0.3, 0.4) is 0 Å². The number of amides is 2. The second-order valence-electron chi connectivity index (χ2n) is 14.3. The number of ether oxygens (including phenoxy) is 2. The Morgan fingerprint density at radius 1 is 0.750 bits per heavy atom. The van der Waals surface area contributed by atoms with Crippen molar-refractivity contribution in [2.75, 3.05) is 34.6 Å². The molecule has 0 spiro atoms. The van der Waals surface area contributed by atoms with Gasteiger partial charge in [-0.15, -0.1) is 23.2 Å². The number of rotatable bonds is 6. The monoisotopic (exact) mass is 682 g/mol. The lowest BCUT2D eigenvalue weighted by Gasteiger charge is -2.69. The predicted molar refractivity (Wildman–Crippen MR) is 183 cm³/mol. The first kappa shape index (κ1) is 30.0. The highest BCUT2D eigenvalue weighted by Gasteiger charge is 2.76. The fraction of sp³-hybridized carbons (Fsp3) is 0.368. The van der Waals surface area contributed by atoms with Crippen LogP contribution in [-0.2, 0) is 19.2 Å². The van der Waals surface area contributed by atoms with Gasteiger partial charge in [0, 0.05) is 79.2 Å². The van der Waals surface area contributed by atoms with E-state index in [1.54, 1.807) is 11.0 Å². The number of halogens is 2. The number of alkyl halides is 2. The summed E-state index contributed by atoms with van der Waals surface area (Å²) in [6.07, 6.45) is 7.79. The largest absolute Gasteiger partial charge is 0.426 e. The molecule has 0 aromatic heterocycles. The molecule has 2 amide bonds. The van der Waals surface area contributed by atoms with Gasteiger partial charge in [-0.3, -0.25) is 19.2 Å². The highest BCUT2D eigenvalue weighted by Crippen LogP contribution is 2.75. The van der Waals surface area contributed by atoms with Crippen LogP contribution in [-0.4, -0.2) is 48.6 Å². The second kappa shape index (κ2) is 10.2. The molecule has 3 aromatic rings. The lowest BCUT2D eigenvalue weighted by molar-refractivity contribution is -0.205. The van der Waals surface area contributed by atoms with Crippen molar-refractivity contribution >= 4 is 81.3 Å². The van der Waals surface area contributed by atoms with E-state index in [1.807, 2.05) is 35.2 Å². The summed E-state index contributed by atoms with van der Waals surface area (Å²) >= 11 is 13.0. The summed E-state index contributed by atoms with van der Waals surface area (Å²) in [6.45, 7) is 3.61. The minimum absolute atomic E-state index is 0.00772. The normalized spacial score (nSPS) is 28.0. The van der Waals surface area contributed by atoms with Crippen LogP contribution < -0.4 is 29.7 Å². The highest BCUT2D eigenvalue weighted by atomic mass is 35.5. The molecule has 10 heteroatoms. The number of fused-ring (bicyclic) bond motifs is 7. The Kier molecular flexibility index (Phi) is 6.36. The van der Waals surface area contributed by atoms with Gasteiger partial charge in [-0.25, -0.2) is 0 Å². The molecule has 7 aliphatic rings. The summed E-state index contributed by atoms with van der Waals surface area (Å²) in [5.41, 5.74) is 3.40. The number of nitrogens with zero attached hydrogens (tertiary/aromatic N) is 2. The molecular formula is C38H32Cl2N2O6. The van der Waals surface area contributed by atoms with Crippen LogP contribution in [0.2, 0.25) is 0 Å². The van der Waals surface area contributed by atoms with Gasteiger partial charge in [0.2, 0.25) is 11.8 Å². The molecule has 3 fully saturated rings. The van der Waals surface area contributed by atoms with E-state index in [0.717, 1.165) is 38.0 Å². The zero-order valence-corrected chi connectivity index (χ0v) is 28.0. The molecular weight excluding hydrogens is 651 g/mol. The summed E-state index contributed by atoms with van der Waals surface area (Å²) in [7, 11) is 0. The van der Waals surface area contributed by atoms with Gasteiger partial charge in [-0.05, 0) is 46.6 Å². The lowest BCUT2D eigenvalue weighted by Crippen LogP contribution is -2.73. The van der Waals surface area contributed by atoms with E-state index < -0.39 is 22.8 Å². The minimum atomic E-state index is -0.634. The van der Waals surface area contributed by atoms with Crippen molar-refractivity contribution < 1.29 is 28.7 Å². The average Bonchev–Trinajstić information content (AvgIpc) is 3.53. The maximum atomic E-state index is 14.4. The topological polar surface area (TPSA) is 93.2 Å². The summed E-state index contributed by atoms with van der Waals surface area (Å²) in [5.74, 6) is 0.782. The number of carbonyl (C=O) groups excluding carboxylic acids is 4. The van der Waals surface area contributed by atoms with Crippen LogP contribution in [0.25, 0.3) is 22.9 Å². The highest BCUT2D eigenvalue weighted by molar-refractivity contribution is 6.20. The number of hydrogen-bond acceptors (Lipinski definition) is 6. The molecule has 2 bridgehead atoms. The Hall–Kier alpha value is -4.14. The molecule has 3 aromatic carbocycles. The number of hydrogen-bond donors (Lipinski definition) is 0. The van der Waals surface area contributed by atoms with Gasteiger partial charge in [-0.1, -0.05) is 42.5 Å². The van der Waals surface area contributed by atoms with Crippen molar-refractivity contribution in [1.29, 1.82) is 0 Å². The van der Waals surface area contributed by atoms with Gasteiger partial charge in [0.25, 0.3) is 0 Å². The molecule has 3 saturated carbocycles. The Morgan fingerprint density at radius 3 is 1.90 bits per heavy atom. The molecule has 48 heavy (non-hydrogen) atoms. The molecule has 10 rings (SSSR count). The van der Waals surface area contributed by atoms with E-state index in [9.17, 15) is 19.2 Å². The second-order valence-corrected chi connectivity index (χ2v) is 14.9. The van der Waals surface area contributed by atoms with Crippen molar-refractivity contribution in [2.45, 2.75) is 44.9 Å². The number of allylic oxidation sites excluding steroid dienone is 2. The van der Waals surface area contributed by atoms with Gasteiger partial charge in [0.15, 0.2) is 0 Å². The Bertz CT molecular complexity index is 2190. The van der Waals surface area contributed by atoms with Crippen molar-refractivity contribution in [3.05, 3.63) is 69.6 Å². The molecule has 5 aliphatic carbocycles. The Labute approximate surface area is 286 Å². The third-order valence-electron chi connectivity index (χ3n) is 11.2. The smallest absolute Gasteiger partial charge is 0.308 e. The van der Waals surface area contributed by atoms with E-state index in [1.165, 1.54) is 19.4 Å². The maximum absolute atomic E-state index is 14.4. The zero-order chi connectivity index (χ0) is 33.3. The van der Waals surface area contributed by atoms with Gasteiger partial charge in [0.05, 0.1) is 22.2 Å². The van der Waals surface area contributed by atoms with Crippen LogP contribution in [0, 0.1) is 16.7 Å². The molecule has 2 heterocycles. The molecule has 244 valence electrons. The van der Waals surface area contributed by atoms with Crippen LogP contribution in [0.4, 0.5) is 11.4 Å². The van der Waals surface area contributed by atoms with Crippen molar-refractivity contribution in [3.8, 4) is 11.5 Å². The number of anilines is 2. The lowest BCUT2D eigenvalue weighted by atomic mass is 9.34. The first-order valence-corrected chi connectivity index (χ1v) is 17.4. The fourth-order valence-corrected chi connectivity index (χ4v) is 9.73. The first-order chi connectivity index (χ1) is 23.1. The standard InChI is InChI=1S/C38H32Cl2N2O6/c1-19(43)47-31-10-29-33(26-6-4-3-5-25(26)31)23(12-39)14-41(29)35(45)37-16-38(17-37,18-37)36(46)42-15-24(13-40)34-28-9-22-7-21(22)8-27(28)32(11-30(34)42)48-20(2)44/h3-11,21,23-24H,12-18H2,1-2H3/t21?,23-,24-,37?,38?/m1/s1. The van der Waals surface area contributed by atoms with Crippen molar-refractivity contribution in [1.82, 2.24) is 0 Å². The first-order valence-electron chi connectivity index (χ1n) is 16.4. The minimum Gasteiger partial charge on any atom is -0.426 e. The average molecular weight is 684 g/mol. The van der Waals surface area contributed by atoms with Gasteiger partial charge >= 0.3 is 11.9 Å². The zero-order valence-electron chi connectivity index (χ0n) is 26.5. The Morgan fingerprint density at radius 2 is 1.29 bits per heavy atom. The molecule has 0 radical (unpaired) electrons. The summed E-state index contributed by atoms with van der Waals surface area (Å²) in [5, 5.41) is 3.55. The fourth-order valence-electron chi connectivity index (χ4n) is 9.22. The van der Waals surface area contributed by atoms with E-state index in [4.69, 9.17) is 32.7 Å². The number of carbonyl (C=O) groups is 4. The molecule has 0 N–H and O–H groups in total. The molecule has 8 nitrogen and oxygen atoms in total.